The number of carbonyl (C=O) groups excluding carboxylic acids is 3. The third kappa shape index (κ3) is 55.8. The van der Waals surface area contributed by atoms with Crippen molar-refractivity contribution in [1.82, 2.24) is 0 Å². The summed E-state index contributed by atoms with van der Waals surface area (Å²) in [6, 6.07) is 0. The summed E-state index contributed by atoms with van der Waals surface area (Å²) >= 11 is 0. The molecule has 0 aliphatic rings. The molecule has 0 fully saturated rings. The lowest BCUT2D eigenvalue weighted by atomic mass is 10.0. The third-order valence-corrected chi connectivity index (χ3v) is 12.9. The van der Waals surface area contributed by atoms with Crippen LogP contribution in [0.15, 0.2) is 72.9 Å². The maximum Gasteiger partial charge on any atom is 0.306 e. The van der Waals surface area contributed by atoms with Gasteiger partial charge in [-0.25, -0.2) is 0 Å². The molecule has 0 N–H and O–H groups in total. The van der Waals surface area contributed by atoms with Gasteiger partial charge in [-0.15, -0.1) is 0 Å². The van der Waals surface area contributed by atoms with E-state index in [2.05, 4.69) is 93.7 Å². The molecule has 70 heavy (non-hydrogen) atoms. The fourth-order valence-electron chi connectivity index (χ4n) is 8.40. The minimum absolute atomic E-state index is 0.0866. The molecule has 1 atom stereocenters. The smallest absolute Gasteiger partial charge is 0.306 e. The molecule has 0 saturated heterocycles. The zero-order valence-electron chi connectivity index (χ0n) is 46.3. The molecule has 0 rings (SSSR count). The van der Waals surface area contributed by atoms with E-state index in [1.54, 1.807) is 0 Å². The number of unbranched alkanes of at least 4 members (excludes halogenated alkanes) is 31. The first-order chi connectivity index (χ1) is 34.5. The highest BCUT2D eigenvalue weighted by Gasteiger charge is 2.19. The van der Waals surface area contributed by atoms with Crippen LogP contribution in [0.25, 0.3) is 0 Å². The summed E-state index contributed by atoms with van der Waals surface area (Å²) in [5.41, 5.74) is 0. The van der Waals surface area contributed by atoms with Crippen molar-refractivity contribution in [2.24, 2.45) is 0 Å². The molecule has 404 valence electrons. The van der Waals surface area contributed by atoms with Gasteiger partial charge in [-0.2, -0.15) is 0 Å². The average Bonchev–Trinajstić information content (AvgIpc) is 3.36. The lowest BCUT2D eigenvalue weighted by Gasteiger charge is -2.18. The Morgan fingerprint density at radius 1 is 0.286 bits per heavy atom. The minimum Gasteiger partial charge on any atom is -0.462 e. The van der Waals surface area contributed by atoms with Crippen LogP contribution < -0.4 is 0 Å². The third-order valence-electron chi connectivity index (χ3n) is 12.9. The van der Waals surface area contributed by atoms with Gasteiger partial charge in [0.15, 0.2) is 6.10 Å². The van der Waals surface area contributed by atoms with Crippen LogP contribution in [0.4, 0.5) is 0 Å². The van der Waals surface area contributed by atoms with Crippen molar-refractivity contribution < 1.29 is 28.6 Å². The Kier molecular flexibility index (Phi) is 55.8. The monoisotopic (exact) mass is 977 g/mol. The standard InChI is InChI=1S/C64H112O6/c1-4-7-10-13-16-19-22-25-28-31-32-34-36-39-42-45-48-51-54-57-63(66)69-60-61(59-68-62(65)56-53-50-47-44-41-38-35-30-27-24-21-18-15-12-9-6-3)70-64(67)58-55-52-49-46-43-40-37-33-29-26-23-20-17-14-11-8-5-2/h16-17,19-20,25-26,28-29,32,34,39,42,61H,4-15,18,21-24,27,30-31,33,35-38,40-41,43-60H2,1-3H3/b19-16+,20-17+,28-25+,29-26+,34-32+,42-39+/t61-/m1/s1. The van der Waals surface area contributed by atoms with Crippen LogP contribution in [-0.4, -0.2) is 37.2 Å². The van der Waals surface area contributed by atoms with Crippen LogP contribution >= 0.6 is 0 Å². The van der Waals surface area contributed by atoms with E-state index in [4.69, 9.17) is 14.2 Å². The van der Waals surface area contributed by atoms with Gasteiger partial charge >= 0.3 is 17.9 Å². The molecule has 0 heterocycles. The largest absolute Gasteiger partial charge is 0.462 e. The maximum atomic E-state index is 12.9. The lowest BCUT2D eigenvalue weighted by Crippen LogP contribution is -2.30. The first kappa shape index (κ1) is 66.9. The van der Waals surface area contributed by atoms with Gasteiger partial charge in [0, 0.05) is 19.3 Å². The van der Waals surface area contributed by atoms with Gasteiger partial charge in [-0.1, -0.05) is 254 Å². The summed E-state index contributed by atoms with van der Waals surface area (Å²) in [7, 11) is 0. The highest BCUT2D eigenvalue weighted by atomic mass is 16.6. The molecule has 6 nitrogen and oxygen atoms in total. The molecule has 0 bridgehead atoms. The van der Waals surface area contributed by atoms with Gasteiger partial charge in [0.1, 0.15) is 13.2 Å². The van der Waals surface area contributed by atoms with Gasteiger partial charge in [0.25, 0.3) is 0 Å². The Morgan fingerprint density at radius 2 is 0.514 bits per heavy atom. The molecule has 0 radical (unpaired) electrons. The summed E-state index contributed by atoms with van der Waals surface area (Å²) in [6.45, 7) is 6.58. The van der Waals surface area contributed by atoms with Gasteiger partial charge in [-0.05, 0) is 96.3 Å². The molecular weight excluding hydrogens is 865 g/mol. The molecule has 0 saturated carbocycles. The van der Waals surface area contributed by atoms with Crippen LogP contribution in [0.1, 0.15) is 297 Å². The highest BCUT2D eigenvalue weighted by molar-refractivity contribution is 5.71. The van der Waals surface area contributed by atoms with Crippen LogP contribution in [0.2, 0.25) is 0 Å². The normalized spacial score (nSPS) is 12.6. The second-order valence-corrected chi connectivity index (χ2v) is 19.9. The summed E-state index contributed by atoms with van der Waals surface area (Å²) in [4.78, 5) is 38.2. The number of hydrogen-bond donors (Lipinski definition) is 0. The Hall–Kier alpha value is -3.15. The van der Waals surface area contributed by atoms with Crippen molar-refractivity contribution in [3.05, 3.63) is 72.9 Å². The molecule has 0 aromatic rings. The number of allylic oxidation sites excluding steroid dienone is 12. The minimum atomic E-state index is -0.792. The van der Waals surface area contributed by atoms with Crippen LogP contribution in [0.5, 0.6) is 0 Å². The number of ether oxygens (including phenoxy) is 3. The zero-order valence-corrected chi connectivity index (χ0v) is 46.3. The SMILES string of the molecule is CCCCC/C=C/C/C=C/C/C=C/C/C=C/CCCCCC(=O)OC[C@@H](COC(=O)CCCCCCCCCCCCCCCCCC)OC(=O)CCCCCCCCC/C=C/C/C=C/CCCCC. The van der Waals surface area contributed by atoms with E-state index in [-0.39, 0.29) is 31.1 Å². The number of carbonyl (C=O) groups is 3. The van der Waals surface area contributed by atoms with Gasteiger partial charge in [-0.3, -0.25) is 14.4 Å². The number of esters is 3. The van der Waals surface area contributed by atoms with Gasteiger partial charge in [0.2, 0.25) is 0 Å². The van der Waals surface area contributed by atoms with E-state index in [1.165, 1.54) is 161 Å². The Labute approximate surface area is 433 Å². The van der Waals surface area contributed by atoms with Crippen molar-refractivity contribution in [2.75, 3.05) is 13.2 Å². The van der Waals surface area contributed by atoms with Gasteiger partial charge in [0.05, 0.1) is 0 Å². The van der Waals surface area contributed by atoms with Crippen molar-refractivity contribution >= 4 is 17.9 Å². The predicted octanol–water partition coefficient (Wildman–Crippen LogP) is 20.2. The Balaban J connectivity index is 4.44. The van der Waals surface area contributed by atoms with Crippen molar-refractivity contribution in [1.29, 1.82) is 0 Å². The molecular formula is C64H112O6. The average molecular weight is 978 g/mol. The second-order valence-electron chi connectivity index (χ2n) is 19.9. The molecule has 6 heteroatoms. The quantitative estimate of drug-likeness (QED) is 0.0261. The first-order valence-corrected chi connectivity index (χ1v) is 29.9. The van der Waals surface area contributed by atoms with E-state index < -0.39 is 6.10 Å². The predicted molar refractivity (Wildman–Crippen MR) is 302 cm³/mol. The van der Waals surface area contributed by atoms with Crippen molar-refractivity contribution in [3.63, 3.8) is 0 Å². The zero-order chi connectivity index (χ0) is 50.7. The summed E-state index contributed by atoms with van der Waals surface area (Å²) in [6.07, 6.45) is 74.6. The molecule has 0 amide bonds. The highest BCUT2D eigenvalue weighted by Crippen LogP contribution is 2.16. The van der Waals surface area contributed by atoms with Crippen LogP contribution in [-0.2, 0) is 28.6 Å². The molecule has 0 aromatic heterocycles. The van der Waals surface area contributed by atoms with Crippen LogP contribution in [0, 0.1) is 0 Å². The van der Waals surface area contributed by atoms with E-state index in [1.807, 2.05) is 0 Å². The molecule has 0 spiro atoms. The summed E-state index contributed by atoms with van der Waals surface area (Å²) in [5.74, 6) is -0.915. The van der Waals surface area contributed by atoms with E-state index in [0.29, 0.717) is 19.3 Å². The second kappa shape index (κ2) is 58.4. The Bertz CT molecular complexity index is 1310. The molecule has 0 unspecified atom stereocenters. The first-order valence-electron chi connectivity index (χ1n) is 29.9. The van der Waals surface area contributed by atoms with Crippen LogP contribution in [0.3, 0.4) is 0 Å². The van der Waals surface area contributed by atoms with Gasteiger partial charge < -0.3 is 14.2 Å². The van der Waals surface area contributed by atoms with E-state index in [9.17, 15) is 14.4 Å². The van der Waals surface area contributed by atoms with E-state index in [0.717, 1.165) is 96.3 Å². The van der Waals surface area contributed by atoms with Crippen molar-refractivity contribution in [2.45, 2.75) is 303 Å². The topological polar surface area (TPSA) is 78.9 Å². The van der Waals surface area contributed by atoms with Crippen molar-refractivity contribution in [3.8, 4) is 0 Å². The Morgan fingerprint density at radius 3 is 0.843 bits per heavy atom. The number of hydrogen-bond acceptors (Lipinski definition) is 6. The molecule has 0 aromatic carbocycles. The maximum absolute atomic E-state index is 12.9. The molecule has 0 aliphatic carbocycles. The fraction of sp³-hybridized carbons (Fsp3) is 0.766. The summed E-state index contributed by atoms with van der Waals surface area (Å²) in [5, 5.41) is 0. The molecule has 0 aliphatic heterocycles. The van der Waals surface area contributed by atoms with E-state index >= 15 is 0 Å². The fourth-order valence-corrected chi connectivity index (χ4v) is 8.40. The summed E-state index contributed by atoms with van der Waals surface area (Å²) < 4.78 is 16.9. The lowest BCUT2D eigenvalue weighted by molar-refractivity contribution is -0.167. The number of rotatable bonds is 54.